The first-order valence-electron chi connectivity index (χ1n) is 5.43. The highest BCUT2D eigenvalue weighted by Crippen LogP contribution is 2.23. The maximum absolute atomic E-state index is 11.7. The third-order valence-electron chi connectivity index (χ3n) is 2.36. The first-order chi connectivity index (χ1) is 8.04. The van der Waals surface area contributed by atoms with E-state index < -0.39 is 0 Å². The number of carbonyl (C=O) groups is 1. The standard InChI is InChI=1S/C12H16Cl2N2O/c1-3-15-7-12(17)16(2)8-9-4-5-10(13)11(14)6-9/h4-6,15H,3,7-8H2,1-2H3. The first kappa shape index (κ1) is 14.3. The van der Waals surface area contributed by atoms with Crippen LogP contribution < -0.4 is 5.32 Å². The summed E-state index contributed by atoms with van der Waals surface area (Å²) in [5.41, 5.74) is 0.965. The average molecular weight is 275 g/mol. The van der Waals surface area contributed by atoms with Crippen molar-refractivity contribution in [1.82, 2.24) is 10.2 Å². The summed E-state index contributed by atoms with van der Waals surface area (Å²) in [5, 5.41) is 4.03. The largest absolute Gasteiger partial charge is 0.340 e. The molecule has 0 aliphatic rings. The summed E-state index contributed by atoms with van der Waals surface area (Å²) in [4.78, 5) is 13.3. The number of amides is 1. The number of hydrogen-bond donors (Lipinski definition) is 1. The molecule has 0 fully saturated rings. The monoisotopic (exact) mass is 274 g/mol. The van der Waals surface area contributed by atoms with Crippen LogP contribution in [0.15, 0.2) is 18.2 Å². The van der Waals surface area contributed by atoms with Crippen molar-refractivity contribution >= 4 is 29.1 Å². The molecule has 0 aliphatic heterocycles. The van der Waals surface area contributed by atoms with Gasteiger partial charge in [0, 0.05) is 13.6 Å². The highest BCUT2D eigenvalue weighted by molar-refractivity contribution is 6.42. The van der Waals surface area contributed by atoms with E-state index in [1.165, 1.54) is 0 Å². The number of benzene rings is 1. The Morgan fingerprint density at radius 1 is 1.35 bits per heavy atom. The second-order valence-electron chi connectivity index (χ2n) is 3.78. The van der Waals surface area contributed by atoms with Crippen LogP contribution in [0.25, 0.3) is 0 Å². The van der Waals surface area contributed by atoms with Crippen LogP contribution in [-0.2, 0) is 11.3 Å². The van der Waals surface area contributed by atoms with E-state index in [1.807, 2.05) is 13.0 Å². The van der Waals surface area contributed by atoms with Crippen LogP contribution in [-0.4, -0.2) is 30.9 Å². The Hall–Kier alpha value is -0.770. The van der Waals surface area contributed by atoms with Gasteiger partial charge in [-0.05, 0) is 24.2 Å². The molecule has 1 aromatic carbocycles. The molecule has 94 valence electrons. The predicted molar refractivity (Wildman–Crippen MR) is 71.5 cm³/mol. The molecule has 3 nitrogen and oxygen atoms in total. The number of hydrogen-bond acceptors (Lipinski definition) is 2. The summed E-state index contributed by atoms with van der Waals surface area (Å²) in [7, 11) is 1.77. The summed E-state index contributed by atoms with van der Waals surface area (Å²) in [6, 6.07) is 5.38. The van der Waals surface area contributed by atoms with Gasteiger partial charge in [0.05, 0.1) is 16.6 Å². The van der Waals surface area contributed by atoms with Crippen molar-refractivity contribution in [2.45, 2.75) is 13.5 Å². The van der Waals surface area contributed by atoms with Gasteiger partial charge in [-0.3, -0.25) is 4.79 Å². The lowest BCUT2D eigenvalue weighted by atomic mass is 10.2. The molecule has 1 rings (SSSR count). The Bertz CT molecular complexity index is 396. The highest BCUT2D eigenvalue weighted by Gasteiger charge is 2.09. The fourth-order valence-corrected chi connectivity index (χ4v) is 1.69. The van der Waals surface area contributed by atoms with Crippen LogP contribution in [0.1, 0.15) is 12.5 Å². The van der Waals surface area contributed by atoms with Gasteiger partial charge in [-0.1, -0.05) is 36.2 Å². The predicted octanol–water partition coefficient (Wildman–Crippen LogP) is 2.56. The Morgan fingerprint density at radius 2 is 2.06 bits per heavy atom. The third kappa shape index (κ3) is 4.54. The van der Waals surface area contributed by atoms with Crippen molar-refractivity contribution in [1.29, 1.82) is 0 Å². The summed E-state index contributed by atoms with van der Waals surface area (Å²) >= 11 is 11.7. The van der Waals surface area contributed by atoms with E-state index in [2.05, 4.69) is 5.32 Å². The van der Waals surface area contributed by atoms with Crippen LogP contribution in [0, 0.1) is 0 Å². The number of likely N-dealkylation sites (N-methyl/N-ethyl adjacent to an activating group) is 2. The highest BCUT2D eigenvalue weighted by atomic mass is 35.5. The molecular weight excluding hydrogens is 259 g/mol. The Labute approximate surface area is 112 Å². The van der Waals surface area contributed by atoms with Crippen molar-refractivity contribution in [2.75, 3.05) is 20.1 Å². The summed E-state index contributed by atoms with van der Waals surface area (Å²) in [5.74, 6) is 0.0536. The van der Waals surface area contributed by atoms with Gasteiger partial charge in [-0.15, -0.1) is 0 Å². The van der Waals surface area contributed by atoms with Gasteiger partial charge in [0.15, 0.2) is 0 Å². The van der Waals surface area contributed by atoms with Crippen LogP contribution >= 0.6 is 23.2 Å². The lowest BCUT2D eigenvalue weighted by molar-refractivity contribution is -0.129. The number of nitrogens with one attached hydrogen (secondary N) is 1. The second kappa shape index (κ2) is 6.84. The minimum Gasteiger partial charge on any atom is -0.340 e. The molecule has 0 atom stereocenters. The van der Waals surface area contributed by atoms with E-state index in [-0.39, 0.29) is 5.91 Å². The summed E-state index contributed by atoms with van der Waals surface area (Å²) in [6.45, 7) is 3.63. The van der Waals surface area contributed by atoms with E-state index in [9.17, 15) is 4.79 Å². The van der Waals surface area contributed by atoms with Gasteiger partial charge >= 0.3 is 0 Å². The minimum absolute atomic E-state index is 0.0536. The lowest BCUT2D eigenvalue weighted by Gasteiger charge is -2.17. The van der Waals surface area contributed by atoms with Crippen molar-refractivity contribution in [3.05, 3.63) is 33.8 Å². The SMILES string of the molecule is CCNCC(=O)N(C)Cc1ccc(Cl)c(Cl)c1. The van der Waals surface area contributed by atoms with Crippen LogP contribution in [0.3, 0.4) is 0 Å². The van der Waals surface area contributed by atoms with Crippen molar-refractivity contribution in [3.63, 3.8) is 0 Å². The van der Waals surface area contributed by atoms with Crippen molar-refractivity contribution in [2.24, 2.45) is 0 Å². The van der Waals surface area contributed by atoms with Gasteiger partial charge in [0.1, 0.15) is 0 Å². The van der Waals surface area contributed by atoms with E-state index >= 15 is 0 Å². The quantitative estimate of drug-likeness (QED) is 0.895. The molecule has 0 bridgehead atoms. The third-order valence-corrected chi connectivity index (χ3v) is 3.09. The molecule has 0 aromatic heterocycles. The normalized spacial score (nSPS) is 10.4. The fourth-order valence-electron chi connectivity index (χ4n) is 1.37. The second-order valence-corrected chi connectivity index (χ2v) is 4.59. The van der Waals surface area contributed by atoms with Crippen molar-refractivity contribution in [3.8, 4) is 0 Å². The van der Waals surface area contributed by atoms with Gasteiger partial charge in [-0.25, -0.2) is 0 Å². The maximum atomic E-state index is 11.7. The molecule has 0 spiro atoms. The van der Waals surface area contributed by atoms with Crippen molar-refractivity contribution < 1.29 is 4.79 Å². The first-order valence-corrected chi connectivity index (χ1v) is 6.18. The molecule has 0 radical (unpaired) electrons. The molecule has 1 amide bonds. The number of rotatable bonds is 5. The lowest BCUT2D eigenvalue weighted by Crippen LogP contribution is -2.35. The molecule has 17 heavy (non-hydrogen) atoms. The zero-order valence-electron chi connectivity index (χ0n) is 9.96. The molecule has 1 aromatic rings. The molecule has 0 aliphatic carbocycles. The number of nitrogens with zero attached hydrogens (tertiary/aromatic N) is 1. The van der Waals surface area contributed by atoms with E-state index in [0.717, 1.165) is 12.1 Å². The molecular formula is C12H16Cl2N2O. The zero-order valence-corrected chi connectivity index (χ0v) is 11.5. The maximum Gasteiger partial charge on any atom is 0.236 e. The van der Waals surface area contributed by atoms with E-state index in [1.54, 1.807) is 24.1 Å². The summed E-state index contributed by atoms with van der Waals surface area (Å²) < 4.78 is 0. The van der Waals surface area contributed by atoms with E-state index in [4.69, 9.17) is 23.2 Å². The zero-order chi connectivity index (χ0) is 12.8. The molecule has 0 unspecified atom stereocenters. The van der Waals surface area contributed by atoms with Crippen LogP contribution in [0.4, 0.5) is 0 Å². The smallest absolute Gasteiger partial charge is 0.236 e. The molecule has 5 heteroatoms. The van der Waals surface area contributed by atoms with Gasteiger partial charge < -0.3 is 10.2 Å². The van der Waals surface area contributed by atoms with Gasteiger partial charge in [-0.2, -0.15) is 0 Å². The molecule has 0 heterocycles. The average Bonchev–Trinajstić information content (AvgIpc) is 2.30. The Morgan fingerprint density at radius 3 is 2.65 bits per heavy atom. The van der Waals surface area contributed by atoms with Gasteiger partial charge in [0.25, 0.3) is 0 Å². The molecule has 0 saturated heterocycles. The Kier molecular flexibility index (Phi) is 5.75. The van der Waals surface area contributed by atoms with Crippen LogP contribution in [0.2, 0.25) is 10.0 Å². The fraction of sp³-hybridized carbons (Fsp3) is 0.417. The number of halogens is 2. The number of carbonyl (C=O) groups excluding carboxylic acids is 1. The molecule has 0 saturated carbocycles. The summed E-state index contributed by atoms with van der Waals surface area (Å²) in [6.07, 6.45) is 0. The van der Waals surface area contributed by atoms with E-state index in [0.29, 0.717) is 23.1 Å². The minimum atomic E-state index is 0.0536. The van der Waals surface area contributed by atoms with Gasteiger partial charge in [0.2, 0.25) is 5.91 Å². The topological polar surface area (TPSA) is 32.3 Å². The van der Waals surface area contributed by atoms with Crippen LogP contribution in [0.5, 0.6) is 0 Å². The molecule has 1 N–H and O–H groups in total. The Balaban J connectivity index is 2.58.